The molecule has 0 amide bonds. The van der Waals surface area contributed by atoms with Crippen LogP contribution in [0.3, 0.4) is 0 Å². The maximum Gasteiger partial charge on any atom is 0.472 e. The molecule has 112 valence electrons. The molecule has 10 nitrogen and oxygen atoms in total. The summed E-state index contributed by atoms with van der Waals surface area (Å²) in [7, 11) is -4.48. The number of rotatable bonds is 12. The Balaban J connectivity index is 4.12. The number of hydrogen-bond acceptors (Lipinski definition) is 9. The van der Waals surface area contributed by atoms with Crippen LogP contribution in [0.5, 0.6) is 0 Å². The van der Waals surface area contributed by atoms with Gasteiger partial charge in [0.15, 0.2) is 6.10 Å². The summed E-state index contributed by atoms with van der Waals surface area (Å²) in [6.07, 6.45) is -2.40. The Hall–Kier alpha value is -1.03. The van der Waals surface area contributed by atoms with Gasteiger partial charge in [-0.2, -0.15) is 0 Å². The lowest BCUT2D eigenvalue weighted by Gasteiger charge is -2.17. The zero-order chi connectivity index (χ0) is 14.7. The molecule has 11 heteroatoms. The number of phosphoric acid groups is 1. The molecule has 0 aromatic rings. The summed E-state index contributed by atoms with van der Waals surface area (Å²) in [5, 5.41) is 17.4. The van der Waals surface area contributed by atoms with Crippen molar-refractivity contribution < 1.29 is 47.8 Å². The molecule has 3 atom stereocenters. The predicted octanol–water partition coefficient (Wildman–Crippen LogP) is -1.81. The standard InChI is InChI=1S/C8H15O10P/c9-1-7(12)2-17-19(13,14)18-4-8(16-6-11)3-15-5-10/h5-9,12H,1-4H2,(H,13,14)/t7-,8+/m1/s1. The monoisotopic (exact) mass is 302 g/mol. The van der Waals surface area contributed by atoms with Gasteiger partial charge >= 0.3 is 7.82 Å². The first-order chi connectivity index (χ1) is 8.95. The normalized spacial score (nSPS) is 17.0. The molecule has 0 heterocycles. The van der Waals surface area contributed by atoms with Crippen molar-refractivity contribution in [3.63, 3.8) is 0 Å². The van der Waals surface area contributed by atoms with Crippen molar-refractivity contribution in [2.75, 3.05) is 26.4 Å². The van der Waals surface area contributed by atoms with E-state index in [0.29, 0.717) is 0 Å². The first-order valence-corrected chi connectivity index (χ1v) is 6.50. The number of ether oxygens (including phenoxy) is 2. The molecule has 0 spiro atoms. The Morgan fingerprint density at radius 2 is 1.74 bits per heavy atom. The highest BCUT2D eigenvalue weighted by Gasteiger charge is 2.25. The van der Waals surface area contributed by atoms with Crippen LogP contribution in [0.2, 0.25) is 0 Å². The van der Waals surface area contributed by atoms with Crippen LogP contribution in [0.15, 0.2) is 0 Å². The molecule has 0 saturated carbocycles. The molecule has 19 heavy (non-hydrogen) atoms. The second kappa shape index (κ2) is 9.84. The fourth-order valence-electron chi connectivity index (χ4n) is 0.799. The minimum Gasteiger partial charge on any atom is -0.464 e. The van der Waals surface area contributed by atoms with E-state index in [0.717, 1.165) is 0 Å². The van der Waals surface area contributed by atoms with E-state index in [1.165, 1.54) is 0 Å². The van der Waals surface area contributed by atoms with E-state index in [1.54, 1.807) is 0 Å². The SMILES string of the molecule is O=COC[C@@H](COP(=O)(O)OC[C@H](O)CO)OC=O. The highest BCUT2D eigenvalue weighted by atomic mass is 31.2. The molecular weight excluding hydrogens is 287 g/mol. The minimum absolute atomic E-state index is 0.0564. The zero-order valence-electron chi connectivity index (χ0n) is 9.78. The molecule has 3 N–H and O–H groups in total. The molecule has 0 aliphatic rings. The molecule has 1 unspecified atom stereocenters. The van der Waals surface area contributed by atoms with Crippen molar-refractivity contribution in [3.8, 4) is 0 Å². The summed E-state index contributed by atoms with van der Waals surface area (Å²) < 4.78 is 28.8. The Kier molecular flexibility index (Phi) is 9.31. The van der Waals surface area contributed by atoms with Gasteiger partial charge in [-0.05, 0) is 0 Å². The lowest BCUT2D eigenvalue weighted by Crippen LogP contribution is -2.25. The molecular formula is C8H15O10P. The Bertz CT molecular complexity index is 308. The van der Waals surface area contributed by atoms with Crippen LogP contribution < -0.4 is 0 Å². The van der Waals surface area contributed by atoms with Crippen molar-refractivity contribution in [3.05, 3.63) is 0 Å². The molecule has 0 bridgehead atoms. The molecule has 0 saturated heterocycles. The van der Waals surface area contributed by atoms with E-state index in [4.69, 9.17) is 15.1 Å². The number of aliphatic hydroxyl groups excluding tert-OH is 2. The summed E-state index contributed by atoms with van der Waals surface area (Å²) in [6.45, 7) is -2.02. The number of carbonyl (C=O) groups is 2. The van der Waals surface area contributed by atoms with E-state index < -0.39 is 39.9 Å². The average molecular weight is 302 g/mol. The molecule has 0 rings (SSSR count). The molecule has 0 aromatic carbocycles. The van der Waals surface area contributed by atoms with Crippen molar-refractivity contribution in [2.45, 2.75) is 12.2 Å². The van der Waals surface area contributed by atoms with Crippen molar-refractivity contribution >= 4 is 20.8 Å². The third-order valence-electron chi connectivity index (χ3n) is 1.66. The maximum absolute atomic E-state index is 11.3. The predicted molar refractivity (Wildman–Crippen MR) is 57.8 cm³/mol. The van der Waals surface area contributed by atoms with Crippen LogP contribution in [0.4, 0.5) is 0 Å². The second-order valence-corrected chi connectivity index (χ2v) is 4.63. The quantitative estimate of drug-likeness (QED) is 0.278. The van der Waals surface area contributed by atoms with Crippen LogP contribution in [0.25, 0.3) is 0 Å². The van der Waals surface area contributed by atoms with Crippen LogP contribution in [0, 0.1) is 0 Å². The van der Waals surface area contributed by atoms with E-state index in [-0.39, 0.29) is 19.6 Å². The van der Waals surface area contributed by atoms with Gasteiger partial charge in [-0.3, -0.25) is 18.6 Å². The fraction of sp³-hybridized carbons (Fsp3) is 0.750. The maximum atomic E-state index is 11.3. The van der Waals surface area contributed by atoms with Gasteiger partial charge in [0.25, 0.3) is 12.9 Å². The van der Waals surface area contributed by atoms with Crippen molar-refractivity contribution in [2.24, 2.45) is 0 Å². The van der Waals surface area contributed by atoms with Crippen molar-refractivity contribution in [1.82, 2.24) is 0 Å². The van der Waals surface area contributed by atoms with Crippen LogP contribution in [-0.2, 0) is 32.7 Å². The molecule has 0 fully saturated rings. The van der Waals surface area contributed by atoms with Gasteiger partial charge in [-0.1, -0.05) is 0 Å². The van der Waals surface area contributed by atoms with E-state index >= 15 is 0 Å². The number of aliphatic hydroxyl groups is 2. The summed E-state index contributed by atoms with van der Waals surface area (Å²) in [5.41, 5.74) is 0. The minimum atomic E-state index is -4.48. The molecule has 0 aliphatic heterocycles. The smallest absolute Gasteiger partial charge is 0.464 e. The van der Waals surface area contributed by atoms with Crippen molar-refractivity contribution in [1.29, 1.82) is 0 Å². The third-order valence-corrected chi connectivity index (χ3v) is 2.61. The van der Waals surface area contributed by atoms with Gasteiger partial charge in [0.1, 0.15) is 12.7 Å². The van der Waals surface area contributed by atoms with Crippen LogP contribution in [0.1, 0.15) is 0 Å². The van der Waals surface area contributed by atoms with Gasteiger partial charge in [0, 0.05) is 0 Å². The largest absolute Gasteiger partial charge is 0.472 e. The number of hydrogen-bond donors (Lipinski definition) is 3. The van der Waals surface area contributed by atoms with Gasteiger partial charge in [-0.25, -0.2) is 4.57 Å². The number of phosphoric ester groups is 1. The first kappa shape index (κ1) is 18.0. The van der Waals surface area contributed by atoms with E-state index in [9.17, 15) is 14.2 Å². The average Bonchev–Trinajstić information content (AvgIpc) is 2.39. The highest BCUT2D eigenvalue weighted by Crippen LogP contribution is 2.43. The van der Waals surface area contributed by atoms with Gasteiger partial charge in [-0.15, -0.1) is 0 Å². The summed E-state index contributed by atoms with van der Waals surface area (Å²) in [5.74, 6) is 0. The second-order valence-electron chi connectivity index (χ2n) is 3.18. The molecule has 0 radical (unpaired) electrons. The lowest BCUT2D eigenvalue weighted by atomic mass is 10.4. The van der Waals surface area contributed by atoms with Crippen LogP contribution >= 0.6 is 7.82 Å². The topological polar surface area (TPSA) is 149 Å². The zero-order valence-corrected chi connectivity index (χ0v) is 10.7. The number of carbonyl (C=O) groups excluding carboxylic acids is 2. The summed E-state index contributed by atoms with van der Waals surface area (Å²) >= 11 is 0. The third kappa shape index (κ3) is 9.54. The van der Waals surface area contributed by atoms with Crippen LogP contribution in [-0.4, -0.2) is 66.7 Å². The summed E-state index contributed by atoms with van der Waals surface area (Å²) in [6, 6.07) is 0. The van der Waals surface area contributed by atoms with Gasteiger partial charge < -0.3 is 24.6 Å². The highest BCUT2D eigenvalue weighted by molar-refractivity contribution is 7.47. The first-order valence-electron chi connectivity index (χ1n) is 5.00. The fourth-order valence-corrected chi connectivity index (χ4v) is 1.59. The summed E-state index contributed by atoms with van der Waals surface area (Å²) in [4.78, 5) is 29.2. The molecule has 0 aliphatic carbocycles. The Labute approximate surface area is 108 Å². The van der Waals surface area contributed by atoms with E-state index in [1.807, 2.05) is 0 Å². The Morgan fingerprint density at radius 1 is 1.11 bits per heavy atom. The van der Waals surface area contributed by atoms with E-state index in [2.05, 4.69) is 18.5 Å². The van der Waals surface area contributed by atoms with Gasteiger partial charge in [0.2, 0.25) is 0 Å². The molecule has 0 aromatic heterocycles. The lowest BCUT2D eigenvalue weighted by molar-refractivity contribution is -0.144. The van der Waals surface area contributed by atoms with Gasteiger partial charge in [0.05, 0.1) is 19.8 Å². The Morgan fingerprint density at radius 3 is 2.26 bits per heavy atom.